The lowest BCUT2D eigenvalue weighted by Gasteiger charge is -2.19. The van der Waals surface area contributed by atoms with Crippen LogP contribution in [0.2, 0.25) is 0 Å². The predicted octanol–water partition coefficient (Wildman–Crippen LogP) is 3.15. The van der Waals surface area contributed by atoms with Crippen molar-refractivity contribution in [1.82, 2.24) is 4.90 Å². The van der Waals surface area contributed by atoms with Crippen molar-refractivity contribution in [3.63, 3.8) is 0 Å². The molecule has 1 atom stereocenters. The van der Waals surface area contributed by atoms with E-state index in [0.717, 1.165) is 12.0 Å². The fourth-order valence-electron chi connectivity index (χ4n) is 2.21. The maximum absolute atomic E-state index is 12.7. The Morgan fingerprint density at radius 3 is 2.81 bits per heavy atom. The van der Waals surface area contributed by atoms with Crippen molar-refractivity contribution in [2.24, 2.45) is 16.1 Å². The van der Waals surface area contributed by atoms with Gasteiger partial charge in [0, 0.05) is 12.6 Å². The van der Waals surface area contributed by atoms with Gasteiger partial charge in [0.2, 0.25) is 0 Å². The molecule has 2 rings (SSSR count). The lowest BCUT2D eigenvalue weighted by Crippen LogP contribution is -2.31. The number of thioether (sulfide) groups is 1. The fourth-order valence-corrected chi connectivity index (χ4v) is 3.03. The van der Waals surface area contributed by atoms with E-state index in [1.165, 1.54) is 16.7 Å². The number of amidine groups is 1. The van der Waals surface area contributed by atoms with E-state index < -0.39 is 5.37 Å². The molecule has 0 saturated carbocycles. The molecule has 1 heterocycles. The molecule has 0 fully saturated rings. The number of benzene rings is 1. The van der Waals surface area contributed by atoms with E-state index in [2.05, 4.69) is 24.0 Å². The van der Waals surface area contributed by atoms with Gasteiger partial charge in [-0.25, -0.2) is 0 Å². The van der Waals surface area contributed by atoms with E-state index in [1.54, 1.807) is 7.05 Å². The number of hydrogen-bond acceptors (Lipinski definition) is 5. The minimum Gasteiger partial charge on any atom is -0.291 e. The van der Waals surface area contributed by atoms with Crippen LogP contribution in [0.5, 0.6) is 0 Å². The molecule has 0 radical (unpaired) electrons. The first kappa shape index (κ1) is 15.7. The van der Waals surface area contributed by atoms with Crippen molar-refractivity contribution in [3.8, 4) is 0 Å². The molecule has 0 aromatic heterocycles. The minimum atomic E-state index is -0.416. The number of nitroso groups, excluding NO2 is 1. The van der Waals surface area contributed by atoms with Crippen LogP contribution in [0, 0.1) is 10.8 Å². The molecule has 6 heteroatoms. The Labute approximate surface area is 128 Å². The Kier molecular flexibility index (Phi) is 5.12. The van der Waals surface area contributed by atoms with Crippen molar-refractivity contribution in [2.45, 2.75) is 25.6 Å². The average molecular weight is 305 g/mol. The normalized spacial score (nSPS) is 17.7. The summed E-state index contributed by atoms with van der Waals surface area (Å²) in [5, 5.41) is 3.11. The number of carbonyl (C=O) groups is 1. The summed E-state index contributed by atoms with van der Waals surface area (Å²) in [7, 11) is 1.69. The van der Waals surface area contributed by atoms with Gasteiger partial charge >= 0.3 is 0 Å². The predicted molar refractivity (Wildman–Crippen MR) is 86.6 cm³/mol. The van der Waals surface area contributed by atoms with E-state index in [1.807, 2.05) is 24.3 Å². The molecule has 1 unspecified atom stereocenters. The Morgan fingerprint density at radius 1 is 1.48 bits per heavy atom. The van der Waals surface area contributed by atoms with Crippen molar-refractivity contribution in [3.05, 3.63) is 40.3 Å². The van der Waals surface area contributed by atoms with E-state index >= 15 is 0 Å². The summed E-state index contributed by atoms with van der Waals surface area (Å²) in [4.78, 5) is 28.9. The first-order valence-electron chi connectivity index (χ1n) is 6.92. The molecule has 1 aliphatic rings. The van der Waals surface area contributed by atoms with Crippen LogP contribution >= 0.6 is 11.8 Å². The van der Waals surface area contributed by atoms with Gasteiger partial charge in [0.1, 0.15) is 0 Å². The molecule has 0 N–H and O–H groups in total. The molecular weight excluding hydrogens is 286 g/mol. The smallest absolute Gasteiger partial charge is 0.259 e. The van der Waals surface area contributed by atoms with Gasteiger partial charge in [-0.15, -0.1) is 4.91 Å². The van der Waals surface area contributed by atoms with Gasteiger partial charge in [0.25, 0.3) is 5.91 Å². The summed E-state index contributed by atoms with van der Waals surface area (Å²) < 4.78 is 0. The molecule has 5 nitrogen and oxygen atoms in total. The molecule has 1 aromatic rings. The zero-order valence-electron chi connectivity index (χ0n) is 12.4. The molecule has 21 heavy (non-hydrogen) atoms. The summed E-state index contributed by atoms with van der Waals surface area (Å²) >= 11 is 1.24. The van der Waals surface area contributed by atoms with E-state index in [-0.39, 0.29) is 5.91 Å². The Morgan fingerprint density at radius 2 is 2.19 bits per heavy atom. The number of carbonyl (C=O) groups excluding carboxylic acids is 1. The van der Waals surface area contributed by atoms with Gasteiger partial charge in [0.15, 0.2) is 10.5 Å². The summed E-state index contributed by atoms with van der Waals surface area (Å²) in [5.41, 5.74) is 1.73. The summed E-state index contributed by atoms with van der Waals surface area (Å²) in [6.07, 6.45) is 0.855. The lowest BCUT2D eigenvalue weighted by molar-refractivity contribution is 0.0872. The molecule has 0 bridgehead atoms. The largest absolute Gasteiger partial charge is 0.291 e. The van der Waals surface area contributed by atoms with Gasteiger partial charge in [0.05, 0.1) is 6.54 Å². The molecule has 0 spiro atoms. The second-order valence-electron chi connectivity index (χ2n) is 5.42. The minimum absolute atomic E-state index is 0.0935. The average Bonchev–Trinajstić information content (AvgIpc) is 2.94. The monoisotopic (exact) mass is 305 g/mol. The van der Waals surface area contributed by atoms with Crippen LogP contribution in [0.1, 0.15) is 29.8 Å². The van der Waals surface area contributed by atoms with Gasteiger partial charge in [-0.2, -0.15) is 0 Å². The fraction of sp³-hybridized carbons (Fsp3) is 0.467. The van der Waals surface area contributed by atoms with Gasteiger partial charge in [-0.05, 0) is 24.0 Å². The van der Waals surface area contributed by atoms with E-state index in [4.69, 9.17) is 0 Å². The second kappa shape index (κ2) is 6.85. The zero-order chi connectivity index (χ0) is 15.4. The molecule has 0 saturated heterocycles. The summed E-state index contributed by atoms with van der Waals surface area (Å²) in [6, 6.07) is 7.64. The first-order valence-corrected chi connectivity index (χ1v) is 7.80. The molecule has 112 valence electrons. The zero-order valence-corrected chi connectivity index (χ0v) is 13.3. The van der Waals surface area contributed by atoms with Crippen LogP contribution in [-0.4, -0.2) is 34.9 Å². The highest BCUT2D eigenvalue weighted by molar-refractivity contribution is 8.14. The molecule has 1 aliphatic heterocycles. The third kappa shape index (κ3) is 3.69. The first-order chi connectivity index (χ1) is 10.0. The topological polar surface area (TPSA) is 62.1 Å². The van der Waals surface area contributed by atoms with Crippen molar-refractivity contribution < 1.29 is 4.79 Å². The third-order valence-corrected chi connectivity index (χ3v) is 4.33. The highest BCUT2D eigenvalue weighted by Crippen LogP contribution is 2.25. The Balaban J connectivity index is 2.18. The second-order valence-corrected chi connectivity index (χ2v) is 6.57. The molecule has 1 aromatic carbocycles. The Bertz CT molecular complexity index is 572. The van der Waals surface area contributed by atoms with Crippen molar-refractivity contribution in [2.75, 3.05) is 13.6 Å². The van der Waals surface area contributed by atoms with Crippen LogP contribution in [-0.2, 0) is 6.42 Å². The quantitative estimate of drug-likeness (QED) is 0.803. The number of hydrogen-bond donors (Lipinski definition) is 0. The van der Waals surface area contributed by atoms with Gasteiger partial charge in [-0.3, -0.25) is 14.7 Å². The van der Waals surface area contributed by atoms with E-state index in [9.17, 15) is 9.70 Å². The van der Waals surface area contributed by atoms with Gasteiger partial charge in [-0.1, -0.05) is 49.0 Å². The molecular formula is C15H19N3O2S. The van der Waals surface area contributed by atoms with Gasteiger partial charge < -0.3 is 0 Å². The lowest BCUT2D eigenvalue weighted by atomic mass is 9.97. The summed E-state index contributed by atoms with van der Waals surface area (Å²) in [5.74, 6) is 0.384. The maximum Gasteiger partial charge on any atom is 0.259 e. The van der Waals surface area contributed by atoms with Crippen LogP contribution < -0.4 is 0 Å². The van der Waals surface area contributed by atoms with Crippen molar-refractivity contribution in [1.29, 1.82) is 0 Å². The maximum atomic E-state index is 12.7. The van der Waals surface area contributed by atoms with Crippen LogP contribution in [0.15, 0.2) is 34.4 Å². The molecule has 1 amide bonds. The number of aliphatic imine (C=N–C) groups is 1. The molecule has 0 aliphatic carbocycles. The standard InChI is InChI=1S/C15H19N3O2S/c1-10(2)8-11-6-4-5-7-12(11)14(19)18(3)15-16-9-13(17-20)21-15/h4-7,10,13H,8-9H2,1-3H3. The Hall–Kier alpha value is -1.69. The summed E-state index contributed by atoms with van der Waals surface area (Å²) in [6.45, 7) is 4.60. The number of rotatable bonds is 4. The SMILES string of the molecule is CC(C)Cc1ccccc1C(=O)N(C)C1=NCC(N=O)S1. The van der Waals surface area contributed by atoms with Crippen LogP contribution in [0.4, 0.5) is 0 Å². The highest BCUT2D eigenvalue weighted by Gasteiger charge is 2.27. The third-order valence-electron chi connectivity index (χ3n) is 3.21. The van der Waals surface area contributed by atoms with Crippen LogP contribution in [0.3, 0.4) is 0 Å². The van der Waals surface area contributed by atoms with Crippen LogP contribution in [0.25, 0.3) is 0 Å². The number of amides is 1. The van der Waals surface area contributed by atoms with E-state index in [0.29, 0.717) is 23.2 Å². The highest BCUT2D eigenvalue weighted by atomic mass is 32.2. The number of nitrogens with zero attached hydrogens (tertiary/aromatic N) is 3. The van der Waals surface area contributed by atoms with Crippen molar-refractivity contribution >= 4 is 22.8 Å².